The van der Waals surface area contributed by atoms with Gasteiger partial charge in [-0.2, -0.15) is 0 Å². The second-order valence-electron chi connectivity index (χ2n) is 5.03. The molecule has 19 heavy (non-hydrogen) atoms. The Kier molecular flexibility index (Phi) is 4.04. The summed E-state index contributed by atoms with van der Waals surface area (Å²) in [5.74, 6) is -0.0588. The smallest absolute Gasteiger partial charge is 0.407 e. The molecule has 104 valence electrons. The van der Waals surface area contributed by atoms with E-state index in [2.05, 4.69) is 5.32 Å². The number of halogens is 1. The van der Waals surface area contributed by atoms with Gasteiger partial charge in [-0.25, -0.2) is 9.18 Å². The average molecular weight is 266 g/mol. The van der Waals surface area contributed by atoms with Crippen molar-refractivity contribution in [3.63, 3.8) is 0 Å². The second kappa shape index (κ2) is 5.57. The predicted octanol–water partition coefficient (Wildman–Crippen LogP) is 2.39. The molecular formula is C14H19FN2O2. The number of aryl methyl sites for hydroxylation is 1. The minimum Gasteiger partial charge on any atom is -0.465 e. The van der Waals surface area contributed by atoms with Gasteiger partial charge in [0.15, 0.2) is 0 Å². The maximum Gasteiger partial charge on any atom is 0.407 e. The van der Waals surface area contributed by atoms with E-state index in [4.69, 9.17) is 0 Å². The topological polar surface area (TPSA) is 52.6 Å². The van der Waals surface area contributed by atoms with Crippen LogP contribution in [-0.2, 0) is 0 Å². The molecule has 4 nitrogen and oxygen atoms in total. The lowest BCUT2D eigenvalue weighted by molar-refractivity contribution is 0.134. The molecule has 1 aromatic rings. The summed E-state index contributed by atoms with van der Waals surface area (Å²) in [6, 6.07) is 4.38. The van der Waals surface area contributed by atoms with Crippen molar-refractivity contribution >= 4 is 6.09 Å². The Labute approximate surface area is 112 Å². The molecule has 0 bridgehead atoms. The van der Waals surface area contributed by atoms with Gasteiger partial charge in [0.1, 0.15) is 5.82 Å². The molecule has 0 aliphatic carbocycles. The lowest BCUT2D eigenvalue weighted by Gasteiger charge is -2.27. The maximum atomic E-state index is 13.2. The van der Waals surface area contributed by atoms with E-state index in [1.54, 1.807) is 6.07 Å². The lowest BCUT2D eigenvalue weighted by atomic mass is 9.91. The fourth-order valence-electron chi connectivity index (χ4n) is 2.94. The van der Waals surface area contributed by atoms with Crippen LogP contribution in [0, 0.1) is 18.7 Å². The summed E-state index contributed by atoms with van der Waals surface area (Å²) in [7, 11) is 1.86. The predicted molar refractivity (Wildman–Crippen MR) is 70.6 cm³/mol. The largest absolute Gasteiger partial charge is 0.465 e. The van der Waals surface area contributed by atoms with Crippen molar-refractivity contribution in [1.29, 1.82) is 0 Å². The van der Waals surface area contributed by atoms with Gasteiger partial charge in [-0.15, -0.1) is 0 Å². The molecule has 2 rings (SSSR count). The van der Waals surface area contributed by atoms with Gasteiger partial charge < -0.3 is 15.3 Å². The van der Waals surface area contributed by atoms with Gasteiger partial charge in [-0.05, 0) is 49.6 Å². The van der Waals surface area contributed by atoms with E-state index in [1.807, 2.05) is 14.0 Å². The van der Waals surface area contributed by atoms with Crippen LogP contribution in [0.15, 0.2) is 18.2 Å². The Hall–Kier alpha value is -1.62. The van der Waals surface area contributed by atoms with E-state index in [0.29, 0.717) is 6.54 Å². The SMILES string of the molecule is CNC[C@@H]1CCN(C(=O)O)[C@H]1c1ccc(F)cc1C. The third-order valence-corrected chi connectivity index (χ3v) is 3.79. The molecule has 1 aliphatic rings. The third kappa shape index (κ3) is 2.71. The minimum absolute atomic E-state index is 0.189. The lowest BCUT2D eigenvalue weighted by Crippen LogP contribution is -2.33. The second-order valence-corrected chi connectivity index (χ2v) is 5.03. The normalized spacial score (nSPS) is 22.8. The van der Waals surface area contributed by atoms with E-state index >= 15 is 0 Å². The summed E-state index contributed by atoms with van der Waals surface area (Å²) in [6.07, 6.45) is -0.0819. The number of rotatable bonds is 3. The molecule has 0 aromatic heterocycles. The van der Waals surface area contributed by atoms with Crippen LogP contribution in [0.5, 0.6) is 0 Å². The fourth-order valence-corrected chi connectivity index (χ4v) is 2.94. The first kappa shape index (κ1) is 13.8. The molecule has 1 heterocycles. The fraction of sp³-hybridized carbons (Fsp3) is 0.500. The van der Waals surface area contributed by atoms with Crippen molar-refractivity contribution in [2.24, 2.45) is 5.92 Å². The third-order valence-electron chi connectivity index (χ3n) is 3.79. The summed E-state index contributed by atoms with van der Waals surface area (Å²) in [5.41, 5.74) is 1.71. The zero-order valence-corrected chi connectivity index (χ0v) is 11.2. The summed E-state index contributed by atoms with van der Waals surface area (Å²) >= 11 is 0. The van der Waals surface area contributed by atoms with E-state index in [0.717, 1.165) is 24.1 Å². The van der Waals surface area contributed by atoms with Gasteiger partial charge in [0, 0.05) is 13.1 Å². The van der Waals surface area contributed by atoms with Gasteiger partial charge >= 0.3 is 6.09 Å². The van der Waals surface area contributed by atoms with Crippen LogP contribution in [-0.4, -0.2) is 36.2 Å². The van der Waals surface area contributed by atoms with E-state index in [-0.39, 0.29) is 17.8 Å². The van der Waals surface area contributed by atoms with E-state index in [1.165, 1.54) is 17.0 Å². The summed E-state index contributed by atoms with van der Waals surface area (Å²) < 4.78 is 13.2. The minimum atomic E-state index is -0.910. The quantitative estimate of drug-likeness (QED) is 0.883. The highest BCUT2D eigenvalue weighted by atomic mass is 19.1. The maximum absolute atomic E-state index is 13.2. The summed E-state index contributed by atoms with van der Waals surface area (Å²) in [5, 5.41) is 12.4. The van der Waals surface area contributed by atoms with Crippen LogP contribution >= 0.6 is 0 Å². The molecule has 1 fully saturated rings. The highest BCUT2D eigenvalue weighted by Crippen LogP contribution is 2.38. The summed E-state index contributed by atoms with van der Waals surface area (Å²) in [6.45, 7) is 3.11. The Morgan fingerprint density at radius 2 is 2.32 bits per heavy atom. The molecule has 0 saturated carbocycles. The van der Waals surface area contributed by atoms with Crippen LogP contribution in [0.2, 0.25) is 0 Å². The number of hydrogen-bond donors (Lipinski definition) is 2. The van der Waals surface area contributed by atoms with Crippen LogP contribution in [0.1, 0.15) is 23.6 Å². The molecular weight excluding hydrogens is 247 g/mol. The van der Waals surface area contributed by atoms with Crippen molar-refractivity contribution in [3.8, 4) is 0 Å². The Morgan fingerprint density at radius 1 is 1.58 bits per heavy atom. The number of hydrogen-bond acceptors (Lipinski definition) is 2. The highest BCUT2D eigenvalue weighted by Gasteiger charge is 2.38. The monoisotopic (exact) mass is 266 g/mol. The van der Waals surface area contributed by atoms with Crippen LogP contribution in [0.3, 0.4) is 0 Å². The molecule has 0 spiro atoms. The molecule has 1 aromatic carbocycles. The Balaban J connectivity index is 2.37. The van der Waals surface area contributed by atoms with Crippen molar-refractivity contribution in [2.75, 3.05) is 20.1 Å². The first-order valence-corrected chi connectivity index (χ1v) is 6.44. The number of benzene rings is 1. The number of amides is 1. The molecule has 5 heteroatoms. The highest BCUT2D eigenvalue weighted by molar-refractivity contribution is 5.66. The van der Waals surface area contributed by atoms with Gasteiger partial charge in [0.2, 0.25) is 0 Å². The average Bonchev–Trinajstić information content (AvgIpc) is 2.73. The molecule has 0 unspecified atom stereocenters. The molecule has 0 radical (unpaired) electrons. The van der Waals surface area contributed by atoms with Crippen LogP contribution < -0.4 is 5.32 Å². The standard InChI is InChI=1S/C14H19FN2O2/c1-9-7-11(15)3-4-12(9)13-10(8-16-2)5-6-17(13)14(18)19/h3-4,7,10,13,16H,5-6,8H2,1-2H3,(H,18,19)/t10-,13+/m0/s1. The van der Waals surface area contributed by atoms with Gasteiger partial charge in [0.05, 0.1) is 6.04 Å². The van der Waals surface area contributed by atoms with Gasteiger partial charge in [-0.1, -0.05) is 6.07 Å². The molecule has 1 aliphatic heterocycles. The van der Waals surface area contributed by atoms with Crippen LogP contribution in [0.25, 0.3) is 0 Å². The molecule has 2 N–H and O–H groups in total. The van der Waals surface area contributed by atoms with Crippen molar-refractivity contribution in [2.45, 2.75) is 19.4 Å². The van der Waals surface area contributed by atoms with E-state index in [9.17, 15) is 14.3 Å². The van der Waals surface area contributed by atoms with Crippen LogP contribution in [0.4, 0.5) is 9.18 Å². The Morgan fingerprint density at radius 3 is 2.89 bits per heavy atom. The number of nitrogens with zero attached hydrogens (tertiary/aromatic N) is 1. The first-order valence-electron chi connectivity index (χ1n) is 6.44. The number of carboxylic acid groups (broad SMARTS) is 1. The molecule has 1 amide bonds. The Bertz CT molecular complexity index is 479. The number of nitrogens with one attached hydrogen (secondary N) is 1. The van der Waals surface area contributed by atoms with Gasteiger partial charge in [-0.3, -0.25) is 0 Å². The van der Waals surface area contributed by atoms with Crippen molar-refractivity contribution in [1.82, 2.24) is 10.2 Å². The zero-order chi connectivity index (χ0) is 14.0. The van der Waals surface area contributed by atoms with Gasteiger partial charge in [0.25, 0.3) is 0 Å². The summed E-state index contributed by atoms with van der Waals surface area (Å²) in [4.78, 5) is 12.8. The zero-order valence-electron chi connectivity index (χ0n) is 11.2. The van der Waals surface area contributed by atoms with Crippen molar-refractivity contribution < 1.29 is 14.3 Å². The molecule has 2 atom stereocenters. The van der Waals surface area contributed by atoms with E-state index < -0.39 is 6.09 Å². The number of likely N-dealkylation sites (tertiary alicyclic amines) is 1. The molecule has 1 saturated heterocycles. The number of carbonyl (C=O) groups is 1. The van der Waals surface area contributed by atoms with Crippen molar-refractivity contribution in [3.05, 3.63) is 35.1 Å². The first-order chi connectivity index (χ1) is 9.04.